The Hall–Kier alpha value is -0.690. The summed E-state index contributed by atoms with van der Waals surface area (Å²) in [5, 5.41) is 3.38. The van der Waals surface area contributed by atoms with E-state index in [9.17, 15) is 0 Å². The number of hydrogen-bond donors (Lipinski definition) is 1. The van der Waals surface area contributed by atoms with Crippen LogP contribution in [0.4, 0.5) is 5.69 Å². The van der Waals surface area contributed by atoms with Gasteiger partial charge in [-0.3, -0.25) is 0 Å². The lowest BCUT2D eigenvalue weighted by Gasteiger charge is -2.04. The lowest BCUT2D eigenvalue weighted by molar-refractivity contribution is 0.744. The summed E-state index contributed by atoms with van der Waals surface area (Å²) in [4.78, 5) is 0. The van der Waals surface area contributed by atoms with Gasteiger partial charge in [0.25, 0.3) is 0 Å². The lowest BCUT2D eigenvalue weighted by atomic mass is 10.2. The number of unbranched alkanes of at least 4 members (excludes halogenated alkanes) is 2. The molecule has 0 aliphatic rings. The lowest BCUT2D eigenvalue weighted by Crippen LogP contribution is -2.00. The van der Waals surface area contributed by atoms with E-state index < -0.39 is 0 Å². The first-order valence-electron chi connectivity index (χ1n) is 4.72. The Morgan fingerprint density at radius 2 is 1.77 bits per heavy atom. The van der Waals surface area contributed by atoms with Gasteiger partial charge in [0.1, 0.15) is 0 Å². The highest BCUT2D eigenvalue weighted by Crippen LogP contribution is 2.05. The number of rotatable bonds is 5. The Morgan fingerprint density at radius 1 is 1.08 bits per heavy atom. The van der Waals surface area contributed by atoms with Crippen LogP contribution in [0.1, 0.15) is 26.2 Å². The van der Waals surface area contributed by atoms with Crippen molar-refractivity contribution < 1.29 is 0 Å². The minimum absolute atomic E-state index is 0. The molecule has 0 amide bonds. The molecule has 0 radical (unpaired) electrons. The number of hydrogen-bond acceptors (Lipinski definition) is 1. The van der Waals surface area contributed by atoms with Crippen molar-refractivity contribution in [1.82, 2.24) is 0 Å². The van der Waals surface area contributed by atoms with E-state index in [1.807, 2.05) is 6.07 Å². The van der Waals surface area contributed by atoms with Crippen LogP contribution in [0.2, 0.25) is 0 Å². The Kier molecular flexibility index (Phi) is 7.51. The van der Waals surface area contributed by atoms with Crippen LogP contribution in [0.25, 0.3) is 0 Å². The average molecular weight is 200 g/mol. The van der Waals surface area contributed by atoms with Gasteiger partial charge in [-0.1, -0.05) is 38.0 Å². The fraction of sp³-hybridized carbons (Fsp3) is 0.455. The molecule has 0 aliphatic carbocycles. The van der Waals surface area contributed by atoms with E-state index in [1.54, 1.807) is 0 Å². The van der Waals surface area contributed by atoms with Crippen molar-refractivity contribution in [1.29, 1.82) is 0 Å². The molecule has 0 saturated carbocycles. The fourth-order valence-electron chi connectivity index (χ4n) is 1.16. The molecule has 0 bridgehead atoms. The van der Waals surface area contributed by atoms with Crippen molar-refractivity contribution >= 4 is 18.1 Å². The normalized spacial score (nSPS) is 9.00. The van der Waals surface area contributed by atoms with Crippen LogP contribution >= 0.6 is 12.4 Å². The third kappa shape index (κ3) is 5.53. The monoisotopic (exact) mass is 199 g/mol. The van der Waals surface area contributed by atoms with E-state index in [1.165, 1.54) is 24.9 Å². The minimum Gasteiger partial charge on any atom is -0.385 e. The third-order valence-electron chi connectivity index (χ3n) is 1.88. The van der Waals surface area contributed by atoms with Crippen LogP contribution in [0.3, 0.4) is 0 Å². The van der Waals surface area contributed by atoms with E-state index in [0.29, 0.717) is 0 Å². The van der Waals surface area contributed by atoms with Gasteiger partial charge in [-0.25, -0.2) is 0 Å². The Bertz CT molecular complexity index is 199. The van der Waals surface area contributed by atoms with Gasteiger partial charge >= 0.3 is 0 Å². The maximum atomic E-state index is 3.38. The van der Waals surface area contributed by atoms with Crippen molar-refractivity contribution in [3.05, 3.63) is 30.3 Å². The molecule has 1 nitrogen and oxygen atoms in total. The number of benzene rings is 1. The molecule has 74 valence electrons. The van der Waals surface area contributed by atoms with Gasteiger partial charge in [-0.2, -0.15) is 0 Å². The van der Waals surface area contributed by atoms with Gasteiger partial charge in [-0.15, -0.1) is 12.4 Å². The van der Waals surface area contributed by atoms with E-state index >= 15 is 0 Å². The highest BCUT2D eigenvalue weighted by molar-refractivity contribution is 5.85. The molecule has 13 heavy (non-hydrogen) atoms. The molecule has 1 aromatic carbocycles. The molecule has 2 heteroatoms. The predicted molar refractivity (Wildman–Crippen MR) is 61.7 cm³/mol. The molecular weight excluding hydrogens is 182 g/mol. The second-order valence-electron chi connectivity index (χ2n) is 3.00. The zero-order chi connectivity index (χ0) is 8.65. The molecule has 1 N–H and O–H groups in total. The fourth-order valence-corrected chi connectivity index (χ4v) is 1.16. The largest absolute Gasteiger partial charge is 0.385 e. The van der Waals surface area contributed by atoms with Crippen LogP contribution in [0.15, 0.2) is 30.3 Å². The van der Waals surface area contributed by atoms with Crippen LogP contribution in [-0.2, 0) is 0 Å². The Balaban J connectivity index is 0.00000144. The maximum absolute atomic E-state index is 3.38. The summed E-state index contributed by atoms with van der Waals surface area (Å²) in [6, 6.07) is 10.4. The van der Waals surface area contributed by atoms with Crippen molar-refractivity contribution in [3.63, 3.8) is 0 Å². The zero-order valence-electron chi connectivity index (χ0n) is 8.12. The van der Waals surface area contributed by atoms with Gasteiger partial charge in [0.2, 0.25) is 0 Å². The molecule has 0 saturated heterocycles. The smallest absolute Gasteiger partial charge is 0.0340 e. The first-order chi connectivity index (χ1) is 5.93. The Morgan fingerprint density at radius 3 is 2.38 bits per heavy atom. The minimum atomic E-state index is 0. The first kappa shape index (κ1) is 12.3. The summed E-state index contributed by atoms with van der Waals surface area (Å²) < 4.78 is 0. The molecule has 1 aromatic rings. The van der Waals surface area contributed by atoms with Gasteiger partial charge in [0, 0.05) is 12.2 Å². The number of anilines is 1. The van der Waals surface area contributed by atoms with Crippen LogP contribution in [-0.4, -0.2) is 6.54 Å². The van der Waals surface area contributed by atoms with Gasteiger partial charge in [0.15, 0.2) is 0 Å². The van der Waals surface area contributed by atoms with Crippen molar-refractivity contribution in [2.24, 2.45) is 0 Å². The molecule has 0 spiro atoms. The first-order valence-corrected chi connectivity index (χ1v) is 4.72. The van der Waals surface area contributed by atoms with Crippen LogP contribution in [0, 0.1) is 0 Å². The highest BCUT2D eigenvalue weighted by atomic mass is 35.5. The third-order valence-corrected chi connectivity index (χ3v) is 1.88. The number of halogens is 1. The molecule has 0 fully saturated rings. The molecular formula is C11H18ClN. The van der Waals surface area contributed by atoms with Crippen molar-refractivity contribution in [2.75, 3.05) is 11.9 Å². The van der Waals surface area contributed by atoms with E-state index in [0.717, 1.165) is 6.54 Å². The van der Waals surface area contributed by atoms with Crippen molar-refractivity contribution in [2.45, 2.75) is 26.2 Å². The summed E-state index contributed by atoms with van der Waals surface area (Å²) >= 11 is 0. The zero-order valence-corrected chi connectivity index (χ0v) is 8.94. The molecule has 0 aromatic heterocycles. The summed E-state index contributed by atoms with van der Waals surface area (Å²) in [6.45, 7) is 3.32. The molecule has 0 unspecified atom stereocenters. The summed E-state index contributed by atoms with van der Waals surface area (Å²) in [7, 11) is 0. The number of para-hydroxylation sites is 1. The topological polar surface area (TPSA) is 12.0 Å². The summed E-state index contributed by atoms with van der Waals surface area (Å²) in [6.07, 6.45) is 3.88. The van der Waals surface area contributed by atoms with Crippen molar-refractivity contribution in [3.8, 4) is 0 Å². The second kappa shape index (κ2) is 7.93. The van der Waals surface area contributed by atoms with Gasteiger partial charge < -0.3 is 5.32 Å². The van der Waals surface area contributed by atoms with Gasteiger partial charge in [0.05, 0.1) is 0 Å². The van der Waals surface area contributed by atoms with Crippen LogP contribution < -0.4 is 5.32 Å². The molecule has 0 heterocycles. The average Bonchev–Trinajstić information content (AvgIpc) is 2.14. The highest BCUT2D eigenvalue weighted by Gasteiger charge is 1.87. The van der Waals surface area contributed by atoms with E-state index in [2.05, 4.69) is 36.5 Å². The number of nitrogens with one attached hydrogen (secondary N) is 1. The Labute approximate surface area is 87.0 Å². The van der Waals surface area contributed by atoms with E-state index in [4.69, 9.17) is 0 Å². The van der Waals surface area contributed by atoms with Crippen LogP contribution in [0.5, 0.6) is 0 Å². The van der Waals surface area contributed by atoms with E-state index in [-0.39, 0.29) is 12.4 Å². The predicted octanol–water partition coefficient (Wildman–Crippen LogP) is 3.71. The second-order valence-corrected chi connectivity index (χ2v) is 3.00. The molecule has 0 aliphatic heterocycles. The van der Waals surface area contributed by atoms with Gasteiger partial charge in [-0.05, 0) is 18.6 Å². The summed E-state index contributed by atoms with van der Waals surface area (Å²) in [5.41, 5.74) is 1.23. The quantitative estimate of drug-likeness (QED) is 0.713. The SMILES string of the molecule is CCCCCNc1ccccc1.Cl. The molecule has 1 rings (SSSR count). The standard InChI is InChI=1S/C11H17N.ClH/c1-2-3-7-10-12-11-8-5-4-6-9-11;/h4-6,8-9,12H,2-3,7,10H2,1H3;1H. The maximum Gasteiger partial charge on any atom is 0.0340 e. The summed E-state index contributed by atoms with van der Waals surface area (Å²) in [5.74, 6) is 0. The molecule has 0 atom stereocenters.